The van der Waals surface area contributed by atoms with Crippen LogP contribution in [-0.4, -0.2) is 26.3 Å². The van der Waals surface area contributed by atoms with E-state index in [2.05, 4.69) is 0 Å². The Morgan fingerprint density at radius 3 is 2.67 bits per heavy atom. The van der Waals surface area contributed by atoms with Crippen LogP contribution < -0.4 is 0 Å². The monoisotopic (exact) mass is 170 g/mol. The average Bonchev–Trinajstić information content (AvgIpc) is 2.74. The zero-order chi connectivity index (χ0) is 8.77. The molecule has 0 aromatic heterocycles. The van der Waals surface area contributed by atoms with Gasteiger partial charge in [-0.15, -0.1) is 0 Å². The molecule has 0 amide bonds. The molecule has 0 N–H and O–H groups in total. The van der Waals surface area contributed by atoms with Crippen molar-refractivity contribution in [2.45, 2.75) is 25.4 Å². The van der Waals surface area contributed by atoms with Crippen LogP contribution in [0, 0.1) is 11.3 Å². The van der Waals surface area contributed by atoms with E-state index in [1.54, 1.807) is 7.11 Å². The molecule has 0 radical (unpaired) electrons. The van der Waals surface area contributed by atoms with Gasteiger partial charge in [0.25, 0.3) is 0 Å². The minimum atomic E-state index is -0.143. The summed E-state index contributed by atoms with van der Waals surface area (Å²) in [5.74, 6) is 0.405. The normalized spacial score (nSPS) is 43.8. The van der Waals surface area contributed by atoms with Crippen molar-refractivity contribution in [1.82, 2.24) is 0 Å². The molecule has 2 aliphatic carbocycles. The first kappa shape index (κ1) is 8.05. The highest BCUT2D eigenvalue weighted by atomic mass is 16.5. The molecule has 0 heterocycles. The summed E-state index contributed by atoms with van der Waals surface area (Å²) in [4.78, 5) is 11.4. The number of hydrogen-bond donors (Lipinski definition) is 0. The molecule has 0 spiro atoms. The van der Waals surface area contributed by atoms with Crippen LogP contribution in [0.25, 0.3) is 0 Å². The molecule has 2 rings (SSSR count). The number of esters is 1. The molecule has 0 aromatic carbocycles. The van der Waals surface area contributed by atoms with Gasteiger partial charge in [0.05, 0.1) is 18.6 Å². The number of carbonyl (C=O) groups excluding carboxylic acids is 1. The summed E-state index contributed by atoms with van der Waals surface area (Å²) >= 11 is 0. The Balaban J connectivity index is 2.06. The zero-order valence-corrected chi connectivity index (χ0v) is 7.50. The second-order valence-electron chi connectivity index (χ2n) is 3.77. The highest BCUT2D eigenvalue weighted by Crippen LogP contribution is 2.64. The minimum Gasteiger partial charge on any atom is -0.469 e. The molecule has 2 fully saturated rings. The molecule has 2 saturated carbocycles. The maximum Gasteiger partial charge on any atom is 0.312 e. The van der Waals surface area contributed by atoms with E-state index in [-0.39, 0.29) is 11.4 Å². The summed E-state index contributed by atoms with van der Waals surface area (Å²) in [6.07, 6.45) is 3.22. The van der Waals surface area contributed by atoms with Crippen molar-refractivity contribution in [3.05, 3.63) is 0 Å². The van der Waals surface area contributed by atoms with E-state index in [4.69, 9.17) is 9.47 Å². The summed E-state index contributed by atoms with van der Waals surface area (Å²) in [5, 5.41) is 0. The Bertz CT molecular complexity index is 214. The Morgan fingerprint density at radius 2 is 2.25 bits per heavy atom. The molecular formula is C9H14O3. The van der Waals surface area contributed by atoms with Gasteiger partial charge >= 0.3 is 5.97 Å². The molecule has 0 unspecified atom stereocenters. The van der Waals surface area contributed by atoms with E-state index >= 15 is 0 Å². The Hall–Kier alpha value is -0.570. The average molecular weight is 170 g/mol. The number of methoxy groups -OCH3 is 2. The molecule has 0 aromatic rings. The van der Waals surface area contributed by atoms with Crippen molar-refractivity contribution < 1.29 is 14.3 Å². The lowest BCUT2D eigenvalue weighted by Gasteiger charge is -2.06. The quantitative estimate of drug-likeness (QED) is 0.579. The van der Waals surface area contributed by atoms with Gasteiger partial charge in [-0.1, -0.05) is 0 Å². The lowest BCUT2D eigenvalue weighted by atomic mass is 10.1. The van der Waals surface area contributed by atoms with Gasteiger partial charge in [0, 0.05) is 13.0 Å². The molecular weight excluding hydrogens is 156 g/mol. The van der Waals surface area contributed by atoms with Gasteiger partial charge in [-0.05, 0) is 19.3 Å². The number of fused-ring (bicyclic) bond motifs is 1. The van der Waals surface area contributed by atoms with E-state index in [0.29, 0.717) is 12.0 Å². The molecule has 12 heavy (non-hydrogen) atoms. The van der Waals surface area contributed by atoms with E-state index in [1.165, 1.54) is 7.11 Å². The number of carbonyl (C=O) groups is 1. The maximum atomic E-state index is 11.4. The first-order chi connectivity index (χ1) is 5.74. The van der Waals surface area contributed by atoms with E-state index in [0.717, 1.165) is 19.3 Å². The minimum absolute atomic E-state index is 0.0351. The van der Waals surface area contributed by atoms with E-state index in [1.807, 2.05) is 0 Å². The van der Waals surface area contributed by atoms with Gasteiger partial charge in [0.15, 0.2) is 0 Å². The predicted octanol–water partition coefficient (Wildman–Crippen LogP) is 0.974. The Kier molecular flexibility index (Phi) is 1.65. The van der Waals surface area contributed by atoms with Gasteiger partial charge < -0.3 is 9.47 Å². The molecule has 0 aliphatic heterocycles. The van der Waals surface area contributed by atoms with Crippen LogP contribution in [0.3, 0.4) is 0 Å². The molecule has 3 atom stereocenters. The smallest absolute Gasteiger partial charge is 0.312 e. The second-order valence-corrected chi connectivity index (χ2v) is 3.77. The fraction of sp³-hybridized carbons (Fsp3) is 0.889. The number of hydrogen-bond acceptors (Lipinski definition) is 3. The summed E-state index contributed by atoms with van der Waals surface area (Å²) < 4.78 is 10.1. The second kappa shape index (κ2) is 2.46. The van der Waals surface area contributed by atoms with Crippen molar-refractivity contribution in [1.29, 1.82) is 0 Å². The lowest BCUT2D eigenvalue weighted by molar-refractivity contribution is -0.147. The van der Waals surface area contributed by atoms with Crippen molar-refractivity contribution in [3.63, 3.8) is 0 Å². The molecule has 3 nitrogen and oxygen atoms in total. The van der Waals surface area contributed by atoms with Crippen LogP contribution in [-0.2, 0) is 14.3 Å². The lowest BCUT2D eigenvalue weighted by Crippen LogP contribution is -2.17. The fourth-order valence-corrected chi connectivity index (χ4v) is 2.53. The number of ether oxygens (including phenoxy) is 2. The summed E-state index contributed by atoms with van der Waals surface area (Å²) in [5.41, 5.74) is -0.143. The third-order valence-corrected chi connectivity index (χ3v) is 3.35. The van der Waals surface area contributed by atoms with Crippen LogP contribution in [0.15, 0.2) is 0 Å². The summed E-state index contributed by atoms with van der Waals surface area (Å²) in [6.45, 7) is 0. The maximum absolute atomic E-state index is 11.4. The fourth-order valence-electron chi connectivity index (χ4n) is 2.53. The summed E-state index contributed by atoms with van der Waals surface area (Å²) in [7, 11) is 3.18. The van der Waals surface area contributed by atoms with Gasteiger partial charge in [0.2, 0.25) is 0 Å². The number of rotatable bonds is 2. The largest absolute Gasteiger partial charge is 0.469 e. The Labute approximate surface area is 72.0 Å². The SMILES string of the molecule is COC(=O)[C@@]12CC[C@@H](OC)[C@@H]1C2. The van der Waals surface area contributed by atoms with Crippen molar-refractivity contribution in [2.24, 2.45) is 11.3 Å². The molecule has 2 aliphatic rings. The molecule has 0 saturated heterocycles. The molecule has 0 bridgehead atoms. The summed E-state index contributed by atoms with van der Waals surface area (Å²) in [6, 6.07) is 0. The van der Waals surface area contributed by atoms with Crippen LogP contribution in [0.4, 0.5) is 0 Å². The van der Waals surface area contributed by atoms with Crippen molar-refractivity contribution in [3.8, 4) is 0 Å². The van der Waals surface area contributed by atoms with Gasteiger partial charge in [-0.3, -0.25) is 4.79 Å². The molecule has 3 heteroatoms. The first-order valence-electron chi connectivity index (χ1n) is 4.36. The van der Waals surface area contributed by atoms with Crippen LogP contribution in [0.1, 0.15) is 19.3 Å². The van der Waals surface area contributed by atoms with Crippen LogP contribution in [0.5, 0.6) is 0 Å². The first-order valence-corrected chi connectivity index (χ1v) is 4.36. The van der Waals surface area contributed by atoms with E-state index in [9.17, 15) is 4.79 Å². The van der Waals surface area contributed by atoms with Gasteiger partial charge in [0.1, 0.15) is 0 Å². The van der Waals surface area contributed by atoms with Gasteiger partial charge in [-0.2, -0.15) is 0 Å². The van der Waals surface area contributed by atoms with E-state index < -0.39 is 0 Å². The third kappa shape index (κ3) is 0.829. The van der Waals surface area contributed by atoms with Crippen molar-refractivity contribution in [2.75, 3.05) is 14.2 Å². The van der Waals surface area contributed by atoms with Gasteiger partial charge in [-0.25, -0.2) is 0 Å². The predicted molar refractivity (Wildman–Crippen MR) is 42.6 cm³/mol. The molecule has 68 valence electrons. The topological polar surface area (TPSA) is 35.5 Å². The third-order valence-electron chi connectivity index (χ3n) is 3.35. The standard InChI is InChI=1S/C9H14O3/c1-11-7-3-4-9(5-6(7)9)8(10)12-2/h6-7H,3-5H2,1-2H3/t6-,7+,9+/m0/s1. The highest BCUT2D eigenvalue weighted by Gasteiger charge is 2.67. The van der Waals surface area contributed by atoms with Crippen LogP contribution in [0.2, 0.25) is 0 Å². The highest BCUT2D eigenvalue weighted by molar-refractivity contribution is 5.81. The van der Waals surface area contributed by atoms with Crippen molar-refractivity contribution >= 4 is 5.97 Å². The Morgan fingerprint density at radius 1 is 1.50 bits per heavy atom. The zero-order valence-electron chi connectivity index (χ0n) is 7.50. The van der Waals surface area contributed by atoms with Crippen LogP contribution >= 0.6 is 0 Å².